The van der Waals surface area contributed by atoms with E-state index in [0.717, 1.165) is 21.1 Å². The van der Waals surface area contributed by atoms with E-state index < -0.39 is 0 Å². The minimum atomic E-state index is 0.349. The molecular weight excluding hydrogens is 340 g/mol. The van der Waals surface area contributed by atoms with Gasteiger partial charge in [0.15, 0.2) is 4.34 Å². The van der Waals surface area contributed by atoms with Gasteiger partial charge in [-0.05, 0) is 38.1 Å². The Morgan fingerprint density at radius 1 is 1.47 bits per heavy atom. The molecule has 1 atom stereocenters. The Bertz CT molecular complexity index is 554. The van der Waals surface area contributed by atoms with Crippen LogP contribution in [-0.4, -0.2) is 11.5 Å². The summed E-state index contributed by atoms with van der Waals surface area (Å²) in [5, 5.41) is 5.56. The lowest BCUT2D eigenvalue weighted by Gasteiger charge is -2.16. The lowest BCUT2D eigenvalue weighted by molar-refractivity contribution is 0.589. The van der Waals surface area contributed by atoms with Gasteiger partial charge in [-0.15, -0.1) is 11.3 Å². The molecule has 1 aromatic heterocycles. The third-order valence-corrected chi connectivity index (χ3v) is 5.37. The average molecular weight is 357 g/mol. The number of rotatable bonds is 5. The minimum absolute atomic E-state index is 0.349. The smallest absolute Gasteiger partial charge is 0.154 e. The number of aromatic nitrogens is 1. The van der Waals surface area contributed by atoms with Crippen molar-refractivity contribution in [2.75, 3.05) is 6.54 Å². The summed E-state index contributed by atoms with van der Waals surface area (Å²) in [6.45, 7) is 7.33. The summed E-state index contributed by atoms with van der Waals surface area (Å²) in [7, 11) is 0. The molecule has 5 heteroatoms. The van der Waals surface area contributed by atoms with Gasteiger partial charge >= 0.3 is 0 Å². The van der Waals surface area contributed by atoms with Crippen LogP contribution in [-0.2, 0) is 0 Å². The van der Waals surface area contributed by atoms with Gasteiger partial charge in [0.25, 0.3) is 0 Å². The van der Waals surface area contributed by atoms with Gasteiger partial charge in [0.05, 0.1) is 0 Å². The fourth-order valence-electron chi connectivity index (χ4n) is 1.84. The van der Waals surface area contributed by atoms with E-state index in [1.54, 1.807) is 23.1 Å². The van der Waals surface area contributed by atoms with Crippen molar-refractivity contribution >= 4 is 39.0 Å². The zero-order valence-electron chi connectivity index (χ0n) is 11.2. The Labute approximate surface area is 131 Å². The SMILES string of the molecule is CCNC(C)c1ccc(Br)cc1Sc1nc(C)cs1. The summed E-state index contributed by atoms with van der Waals surface area (Å²) in [6.07, 6.45) is 0. The fourth-order valence-corrected chi connectivity index (χ4v) is 4.41. The Morgan fingerprint density at radius 2 is 2.26 bits per heavy atom. The van der Waals surface area contributed by atoms with Gasteiger partial charge in [-0.1, -0.05) is 40.7 Å². The Hall–Kier alpha value is -0.360. The molecular formula is C14H17BrN2S2. The monoisotopic (exact) mass is 356 g/mol. The first-order chi connectivity index (χ1) is 9.10. The van der Waals surface area contributed by atoms with Gasteiger partial charge in [-0.3, -0.25) is 0 Å². The molecule has 1 heterocycles. The number of benzene rings is 1. The van der Waals surface area contributed by atoms with Gasteiger partial charge in [0, 0.05) is 26.5 Å². The Kier molecular flexibility index (Phi) is 5.45. The van der Waals surface area contributed by atoms with Crippen LogP contribution in [0.15, 0.2) is 37.3 Å². The van der Waals surface area contributed by atoms with Crippen LogP contribution in [0.1, 0.15) is 31.1 Å². The molecule has 0 amide bonds. The molecule has 19 heavy (non-hydrogen) atoms. The van der Waals surface area contributed by atoms with Crippen LogP contribution in [0.25, 0.3) is 0 Å². The standard InChI is InChI=1S/C14H17BrN2S2/c1-4-16-10(3)12-6-5-11(15)7-13(12)19-14-17-9(2)8-18-14/h5-8,10,16H,4H2,1-3H3. The van der Waals surface area contributed by atoms with Crippen molar-refractivity contribution in [2.24, 2.45) is 0 Å². The van der Waals surface area contributed by atoms with Gasteiger partial charge in [-0.25, -0.2) is 4.98 Å². The molecule has 0 radical (unpaired) electrons. The quantitative estimate of drug-likeness (QED) is 0.812. The lowest BCUT2D eigenvalue weighted by Crippen LogP contribution is -2.18. The molecule has 102 valence electrons. The number of aryl methyl sites for hydroxylation is 1. The van der Waals surface area contributed by atoms with Crippen LogP contribution < -0.4 is 5.32 Å². The zero-order valence-corrected chi connectivity index (χ0v) is 14.5. The second kappa shape index (κ2) is 6.88. The summed E-state index contributed by atoms with van der Waals surface area (Å²) >= 11 is 6.99. The highest BCUT2D eigenvalue weighted by atomic mass is 79.9. The topological polar surface area (TPSA) is 24.9 Å². The highest BCUT2D eigenvalue weighted by Crippen LogP contribution is 2.36. The molecule has 0 aliphatic carbocycles. The maximum atomic E-state index is 4.53. The number of thiazole rings is 1. The van der Waals surface area contributed by atoms with Crippen LogP contribution in [0.2, 0.25) is 0 Å². The molecule has 2 aromatic rings. The van der Waals surface area contributed by atoms with Gasteiger partial charge in [0.1, 0.15) is 0 Å². The predicted molar refractivity (Wildman–Crippen MR) is 87.2 cm³/mol. The van der Waals surface area contributed by atoms with Crippen molar-refractivity contribution in [3.05, 3.63) is 39.3 Å². The van der Waals surface area contributed by atoms with Crippen LogP contribution in [0.4, 0.5) is 0 Å². The molecule has 0 fully saturated rings. The minimum Gasteiger partial charge on any atom is -0.310 e. The van der Waals surface area contributed by atoms with Gasteiger partial charge in [-0.2, -0.15) is 0 Å². The Morgan fingerprint density at radius 3 is 2.89 bits per heavy atom. The van der Waals surface area contributed by atoms with Crippen LogP contribution in [0, 0.1) is 6.92 Å². The van der Waals surface area contributed by atoms with Crippen LogP contribution >= 0.6 is 39.0 Å². The second-order valence-corrected chi connectivity index (χ2v) is 7.38. The summed E-state index contributed by atoms with van der Waals surface area (Å²) in [6, 6.07) is 6.80. The van der Waals surface area contributed by atoms with Crippen molar-refractivity contribution in [1.82, 2.24) is 10.3 Å². The third-order valence-electron chi connectivity index (χ3n) is 2.75. The van der Waals surface area contributed by atoms with Crippen molar-refractivity contribution in [3.8, 4) is 0 Å². The first-order valence-corrected chi connectivity index (χ1v) is 8.72. The highest BCUT2D eigenvalue weighted by Gasteiger charge is 2.12. The molecule has 1 N–H and O–H groups in total. The maximum Gasteiger partial charge on any atom is 0.154 e. The van der Waals surface area contributed by atoms with Crippen molar-refractivity contribution < 1.29 is 0 Å². The number of hydrogen-bond acceptors (Lipinski definition) is 4. The summed E-state index contributed by atoms with van der Waals surface area (Å²) in [5.41, 5.74) is 2.41. The van der Waals surface area contributed by atoms with Crippen molar-refractivity contribution in [1.29, 1.82) is 0 Å². The average Bonchev–Trinajstić information content (AvgIpc) is 2.75. The molecule has 0 saturated heterocycles. The van der Waals surface area contributed by atoms with Gasteiger partial charge in [0.2, 0.25) is 0 Å². The number of nitrogens with zero attached hydrogens (tertiary/aromatic N) is 1. The molecule has 0 bridgehead atoms. The molecule has 1 unspecified atom stereocenters. The van der Waals surface area contributed by atoms with Crippen LogP contribution in [0.3, 0.4) is 0 Å². The van der Waals surface area contributed by atoms with E-state index in [-0.39, 0.29) is 0 Å². The van der Waals surface area contributed by atoms with Crippen molar-refractivity contribution in [3.63, 3.8) is 0 Å². The van der Waals surface area contributed by atoms with E-state index in [1.165, 1.54) is 10.5 Å². The molecule has 2 nitrogen and oxygen atoms in total. The molecule has 0 aliphatic heterocycles. The summed E-state index contributed by atoms with van der Waals surface area (Å²) < 4.78 is 2.20. The first-order valence-electron chi connectivity index (χ1n) is 6.23. The molecule has 0 aliphatic rings. The molecule has 0 spiro atoms. The number of nitrogens with one attached hydrogen (secondary N) is 1. The third kappa shape index (κ3) is 4.05. The molecule has 0 saturated carbocycles. The summed E-state index contributed by atoms with van der Waals surface area (Å²) in [4.78, 5) is 5.79. The van der Waals surface area contributed by atoms with E-state index in [1.807, 2.05) is 6.92 Å². The van der Waals surface area contributed by atoms with E-state index in [2.05, 4.69) is 63.7 Å². The van der Waals surface area contributed by atoms with E-state index in [4.69, 9.17) is 0 Å². The lowest BCUT2D eigenvalue weighted by atomic mass is 10.1. The summed E-state index contributed by atoms with van der Waals surface area (Å²) in [5.74, 6) is 0. The van der Waals surface area contributed by atoms with Gasteiger partial charge < -0.3 is 5.32 Å². The van der Waals surface area contributed by atoms with E-state index >= 15 is 0 Å². The number of hydrogen-bond donors (Lipinski definition) is 1. The van der Waals surface area contributed by atoms with E-state index in [9.17, 15) is 0 Å². The zero-order chi connectivity index (χ0) is 13.8. The Balaban J connectivity index is 2.29. The molecule has 1 aromatic carbocycles. The highest BCUT2D eigenvalue weighted by molar-refractivity contribution is 9.10. The fraction of sp³-hybridized carbons (Fsp3) is 0.357. The normalized spacial score (nSPS) is 12.6. The maximum absolute atomic E-state index is 4.53. The number of halogens is 1. The van der Waals surface area contributed by atoms with Crippen molar-refractivity contribution in [2.45, 2.75) is 36.0 Å². The van der Waals surface area contributed by atoms with Crippen LogP contribution in [0.5, 0.6) is 0 Å². The largest absolute Gasteiger partial charge is 0.310 e. The first kappa shape index (κ1) is 15.0. The predicted octanol–water partition coefficient (Wildman–Crippen LogP) is 5.04. The van der Waals surface area contributed by atoms with E-state index in [0.29, 0.717) is 6.04 Å². The molecule has 2 rings (SSSR count). The second-order valence-electron chi connectivity index (χ2n) is 4.32.